The summed E-state index contributed by atoms with van der Waals surface area (Å²) in [7, 11) is 0. The van der Waals surface area contributed by atoms with Crippen molar-refractivity contribution in [2.75, 3.05) is 26.3 Å². The van der Waals surface area contributed by atoms with Crippen molar-refractivity contribution in [3.63, 3.8) is 0 Å². The van der Waals surface area contributed by atoms with Gasteiger partial charge >= 0.3 is 0 Å². The van der Waals surface area contributed by atoms with Crippen LogP contribution in [0.15, 0.2) is 0 Å². The zero-order valence-electron chi connectivity index (χ0n) is 8.61. The Balaban J connectivity index is 2.40. The Morgan fingerprint density at radius 2 is 2.43 bits per heavy atom. The lowest BCUT2D eigenvalue weighted by molar-refractivity contribution is -0.130. The highest BCUT2D eigenvalue weighted by molar-refractivity contribution is 5.80. The number of amides is 1. The Morgan fingerprint density at radius 3 is 2.79 bits per heavy atom. The van der Waals surface area contributed by atoms with Crippen LogP contribution in [0.1, 0.15) is 13.3 Å². The van der Waals surface area contributed by atoms with Gasteiger partial charge in [0.1, 0.15) is 0 Å². The molecule has 0 radical (unpaired) electrons. The molecule has 0 aliphatic carbocycles. The van der Waals surface area contributed by atoms with Gasteiger partial charge in [-0.15, -0.1) is 0 Å². The van der Waals surface area contributed by atoms with Gasteiger partial charge in [0.05, 0.1) is 12.6 Å². The standard InChI is InChI=1S/C9H19N3O2/c1-2-14-6-7(5-10)12-4-3-8(12)9(11)13/h7-8H,2-6,10H2,1H3,(H2,11,13). The van der Waals surface area contributed by atoms with Crippen LogP contribution in [0.2, 0.25) is 0 Å². The van der Waals surface area contributed by atoms with Gasteiger partial charge in [-0.25, -0.2) is 0 Å². The van der Waals surface area contributed by atoms with E-state index in [1.165, 1.54) is 0 Å². The van der Waals surface area contributed by atoms with Crippen LogP contribution in [0.4, 0.5) is 0 Å². The average molecular weight is 201 g/mol. The highest BCUT2D eigenvalue weighted by Crippen LogP contribution is 2.20. The summed E-state index contributed by atoms with van der Waals surface area (Å²) in [6.07, 6.45) is 0.845. The summed E-state index contributed by atoms with van der Waals surface area (Å²) in [5.74, 6) is -0.258. The van der Waals surface area contributed by atoms with Gasteiger partial charge in [0.15, 0.2) is 0 Å². The van der Waals surface area contributed by atoms with Gasteiger partial charge in [0.25, 0.3) is 0 Å². The van der Waals surface area contributed by atoms with Crippen LogP contribution >= 0.6 is 0 Å². The van der Waals surface area contributed by atoms with E-state index in [1.807, 2.05) is 11.8 Å². The van der Waals surface area contributed by atoms with Gasteiger partial charge in [0, 0.05) is 25.7 Å². The molecule has 82 valence electrons. The van der Waals surface area contributed by atoms with E-state index in [-0.39, 0.29) is 18.0 Å². The molecule has 5 nitrogen and oxygen atoms in total. The Hall–Kier alpha value is -0.650. The summed E-state index contributed by atoms with van der Waals surface area (Å²) in [6.45, 7) is 4.59. The minimum atomic E-state index is -0.258. The molecular formula is C9H19N3O2. The molecule has 4 N–H and O–H groups in total. The summed E-state index contributed by atoms with van der Waals surface area (Å²) in [5, 5.41) is 0. The second-order valence-electron chi connectivity index (χ2n) is 3.49. The van der Waals surface area contributed by atoms with Crippen LogP contribution in [0, 0.1) is 0 Å². The molecule has 1 amide bonds. The molecule has 2 unspecified atom stereocenters. The Bertz CT molecular complexity index is 198. The fraction of sp³-hybridized carbons (Fsp3) is 0.889. The minimum Gasteiger partial charge on any atom is -0.380 e. The van der Waals surface area contributed by atoms with Crippen LogP contribution in [0.25, 0.3) is 0 Å². The van der Waals surface area contributed by atoms with Crippen molar-refractivity contribution < 1.29 is 9.53 Å². The first-order chi connectivity index (χ1) is 6.70. The second kappa shape index (κ2) is 5.29. The predicted molar refractivity (Wildman–Crippen MR) is 53.6 cm³/mol. The van der Waals surface area contributed by atoms with E-state index >= 15 is 0 Å². The number of likely N-dealkylation sites (tertiary alicyclic amines) is 1. The van der Waals surface area contributed by atoms with Crippen LogP contribution < -0.4 is 11.5 Å². The molecule has 1 fully saturated rings. The van der Waals surface area contributed by atoms with E-state index in [9.17, 15) is 4.79 Å². The first-order valence-electron chi connectivity index (χ1n) is 5.03. The topological polar surface area (TPSA) is 81.6 Å². The third-order valence-electron chi connectivity index (χ3n) is 2.64. The molecule has 5 heteroatoms. The molecule has 1 rings (SSSR count). The van der Waals surface area contributed by atoms with Gasteiger partial charge in [0.2, 0.25) is 5.91 Å². The van der Waals surface area contributed by atoms with E-state index in [0.717, 1.165) is 13.0 Å². The fourth-order valence-electron chi connectivity index (χ4n) is 1.70. The molecule has 14 heavy (non-hydrogen) atoms. The molecule has 2 atom stereocenters. The van der Waals surface area contributed by atoms with E-state index < -0.39 is 0 Å². The molecule has 1 heterocycles. The molecule has 1 saturated heterocycles. The Kier molecular flexibility index (Phi) is 4.31. The normalized spacial score (nSPS) is 24.3. The van der Waals surface area contributed by atoms with Crippen molar-refractivity contribution in [3.8, 4) is 0 Å². The summed E-state index contributed by atoms with van der Waals surface area (Å²) >= 11 is 0. The van der Waals surface area contributed by atoms with Crippen molar-refractivity contribution in [3.05, 3.63) is 0 Å². The Labute approximate surface area is 84.4 Å². The highest BCUT2D eigenvalue weighted by atomic mass is 16.5. The molecular weight excluding hydrogens is 182 g/mol. The van der Waals surface area contributed by atoms with Crippen molar-refractivity contribution in [2.45, 2.75) is 25.4 Å². The van der Waals surface area contributed by atoms with Crippen molar-refractivity contribution in [1.82, 2.24) is 4.90 Å². The van der Waals surface area contributed by atoms with Crippen LogP contribution in [0.3, 0.4) is 0 Å². The van der Waals surface area contributed by atoms with Crippen LogP contribution in [0.5, 0.6) is 0 Å². The second-order valence-corrected chi connectivity index (χ2v) is 3.49. The van der Waals surface area contributed by atoms with E-state index in [1.54, 1.807) is 0 Å². The maximum absolute atomic E-state index is 11.0. The number of ether oxygens (including phenoxy) is 1. The van der Waals surface area contributed by atoms with Gasteiger partial charge < -0.3 is 16.2 Å². The van der Waals surface area contributed by atoms with Gasteiger partial charge in [-0.1, -0.05) is 0 Å². The largest absolute Gasteiger partial charge is 0.380 e. The van der Waals surface area contributed by atoms with E-state index in [4.69, 9.17) is 16.2 Å². The highest BCUT2D eigenvalue weighted by Gasteiger charge is 2.36. The SMILES string of the molecule is CCOCC(CN)N1CCC1C(N)=O. The lowest BCUT2D eigenvalue weighted by Crippen LogP contribution is -2.61. The summed E-state index contributed by atoms with van der Waals surface area (Å²) in [4.78, 5) is 13.0. The molecule has 1 aliphatic heterocycles. The van der Waals surface area contributed by atoms with Crippen LogP contribution in [-0.4, -0.2) is 49.2 Å². The van der Waals surface area contributed by atoms with Crippen LogP contribution in [-0.2, 0) is 9.53 Å². The van der Waals surface area contributed by atoms with E-state index in [0.29, 0.717) is 19.8 Å². The van der Waals surface area contributed by atoms with Crippen molar-refractivity contribution >= 4 is 5.91 Å². The number of hydrogen-bond acceptors (Lipinski definition) is 4. The number of hydrogen-bond donors (Lipinski definition) is 2. The summed E-state index contributed by atoms with van der Waals surface area (Å²) in [5.41, 5.74) is 10.9. The fourth-order valence-corrected chi connectivity index (χ4v) is 1.70. The zero-order chi connectivity index (χ0) is 10.6. The third kappa shape index (κ3) is 2.43. The number of rotatable bonds is 6. The number of nitrogens with two attached hydrogens (primary N) is 2. The quantitative estimate of drug-likeness (QED) is 0.572. The number of carbonyl (C=O) groups is 1. The molecule has 0 aromatic rings. The number of primary amides is 1. The minimum absolute atomic E-state index is 0.126. The average Bonchev–Trinajstić information content (AvgIpc) is 2.08. The molecule has 0 aromatic carbocycles. The molecule has 0 spiro atoms. The molecule has 0 saturated carbocycles. The zero-order valence-corrected chi connectivity index (χ0v) is 8.61. The smallest absolute Gasteiger partial charge is 0.234 e. The molecule has 0 aromatic heterocycles. The number of carbonyl (C=O) groups excluding carboxylic acids is 1. The maximum Gasteiger partial charge on any atom is 0.234 e. The van der Waals surface area contributed by atoms with Crippen molar-refractivity contribution in [1.29, 1.82) is 0 Å². The first-order valence-corrected chi connectivity index (χ1v) is 5.03. The summed E-state index contributed by atoms with van der Waals surface area (Å²) < 4.78 is 5.30. The number of nitrogens with zero attached hydrogens (tertiary/aromatic N) is 1. The Morgan fingerprint density at radius 1 is 1.71 bits per heavy atom. The van der Waals surface area contributed by atoms with Gasteiger partial charge in [-0.3, -0.25) is 9.69 Å². The van der Waals surface area contributed by atoms with E-state index in [2.05, 4.69) is 0 Å². The molecule has 0 bridgehead atoms. The lowest BCUT2D eigenvalue weighted by Gasteiger charge is -2.43. The predicted octanol–water partition coefficient (Wildman–Crippen LogP) is -1.09. The maximum atomic E-state index is 11.0. The molecule has 1 aliphatic rings. The lowest BCUT2D eigenvalue weighted by atomic mass is 9.99. The third-order valence-corrected chi connectivity index (χ3v) is 2.64. The monoisotopic (exact) mass is 201 g/mol. The van der Waals surface area contributed by atoms with Gasteiger partial charge in [-0.2, -0.15) is 0 Å². The van der Waals surface area contributed by atoms with Gasteiger partial charge in [-0.05, 0) is 13.3 Å². The first kappa shape index (κ1) is 11.4. The van der Waals surface area contributed by atoms with Crippen molar-refractivity contribution in [2.24, 2.45) is 11.5 Å². The summed E-state index contributed by atoms with van der Waals surface area (Å²) in [6, 6.07) is -0.00907.